The van der Waals surface area contributed by atoms with Gasteiger partial charge in [-0.1, -0.05) is 30.3 Å². The average molecular weight is 491 g/mol. The van der Waals surface area contributed by atoms with Gasteiger partial charge in [0.2, 0.25) is 19.9 Å². The second kappa shape index (κ2) is 8.69. The standard InChI is InChI=1S/C23H20F2N2O4S2/c1-32(28,29)26-14-16-6-9-20(10-7-16)33(30,31)23-13-18-12-19(24)8-11-22(18)27(23)15-17-4-2-3-5-21(17)25/h2-13,26H,14-15H2,1H3. The summed E-state index contributed by atoms with van der Waals surface area (Å²) >= 11 is 0. The molecule has 6 nitrogen and oxygen atoms in total. The van der Waals surface area contributed by atoms with Crippen molar-refractivity contribution in [3.63, 3.8) is 0 Å². The van der Waals surface area contributed by atoms with Crippen molar-refractivity contribution in [2.24, 2.45) is 0 Å². The van der Waals surface area contributed by atoms with Crippen LogP contribution >= 0.6 is 0 Å². The van der Waals surface area contributed by atoms with Crippen LogP contribution in [0.15, 0.2) is 82.7 Å². The first kappa shape index (κ1) is 23.1. The molecule has 172 valence electrons. The first-order chi connectivity index (χ1) is 15.5. The van der Waals surface area contributed by atoms with E-state index < -0.39 is 31.5 Å². The van der Waals surface area contributed by atoms with Crippen molar-refractivity contribution in [1.82, 2.24) is 9.29 Å². The zero-order valence-electron chi connectivity index (χ0n) is 17.5. The Kier molecular flexibility index (Phi) is 6.08. The number of sulfonamides is 1. The number of halogens is 2. The lowest BCUT2D eigenvalue weighted by atomic mass is 10.2. The van der Waals surface area contributed by atoms with Gasteiger partial charge in [0.15, 0.2) is 0 Å². The lowest BCUT2D eigenvalue weighted by molar-refractivity contribution is 0.573. The van der Waals surface area contributed by atoms with Crippen molar-refractivity contribution in [2.45, 2.75) is 23.0 Å². The van der Waals surface area contributed by atoms with Gasteiger partial charge in [0, 0.05) is 23.0 Å². The van der Waals surface area contributed by atoms with Crippen LogP contribution < -0.4 is 4.72 Å². The van der Waals surface area contributed by atoms with Gasteiger partial charge in [-0.25, -0.2) is 30.3 Å². The number of hydrogen-bond acceptors (Lipinski definition) is 4. The summed E-state index contributed by atoms with van der Waals surface area (Å²) in [5, 5.41) is 0.271. The molecule has 0 fully saturated rings. The molecule has 0 atom stereocenters. The van der Waals surface area contributed by atoms with E-state index in [1.165, 1.54) is 59.2 Å². The minimum atomic E-state index is -4.06. The Labute approximate surface area is 190 Å². The summed E-state index contributed by atoms with van der Waals surface area (Å²) in [4.78, 5) is -0.0244. The first-order valence-corrected chi connectivity index (χ1v) is 13.2. The topological polar surface area (TPSA) is 85.2 Å². The average Bonchev–Trinajstić information content (AvgIpc) is 3.12. The third kappa shape index (κ3) is 4.97. The summed E-state index contributed by atoms with van der Waals surface area (Å²) in [6.07, 6.45) is 1.03. The van der Waals surface area contributed by atoms with E-state index in [4.69, 9.17) is 0 Å². The van der Waals surface area contributed by atoms with Crippen molar-refractivity contribution in [3.05, 3.63) is 95.6 Å². The quantitative estimate of drug-likeness (QED) is 0.427. The molecule has 0 spiro atoms. The molecule has 0 aliphatic heterocycles. The van der Waals surface area contributed by atoms with Gasteiger partial charge in [-0.05, 0) is 48.0 Å². The molecule has 0 amide bonds. The molecule has 1 N–H and O–H groups in total. The molecule has 3 aromatic carbocycles. The van der Waals surface area contributed by atoms with Gasteiger partial charge in [0.25, 0.3) is 0 Å². The smallest absolute Gasteiger partial charge is 0.222 e. The van der Waals surface area contributed by atoms with E-state index in [-0.39, 0.29) is 28.6 Å². The predicted octanol–water partition coefficient (Wildman–Crippen LogP) is 3.85. The van der Waals surface area contributed by atoms with Gasteiger partial charge in [-0.3, -0.25) is 0 Å². The number of sulfone groups is 1. The van der Waals surface area contributed by atoms with Crippen LogP contribution in [0.2, 0.25) is 0 Å². The zero-order valence-corrected chi connectivity index (χ0v) is 19.1. The second-order valence-electron chi connectivity index (χ2n) is 7.60. The number of nitrogens with zero attached hydrogens (tertiary/aromatic N) is 1. The minimum Gasteiger partial charge on any atom is -0.327 e. The van der Waals surface area contributed by atoms with Crippen LogP contribution in [-0.2, 0) is 33.0 Å². The molecule has 4 aromatic rings. The number of aromatic nitrogens is 1. The van der Waals surface area contributed by atoms with Crippen LogP contribution in [0.4, 0.5) is 8.78 Å². The van der Waals surface area contributed by atoms with E-state index >= 15 is 0 Å². The normalized spacial score (nSPS) is 12.3. The van der Waals surface area contributed by atoms with E-state index in [0.29, 0.717) is 16.5 Å². The van der Waals surface area contributed by atoms with Crippen LogP contribution in [0.25, 0.3) is 10.9 Å². The van der Waals surface area contributed by atoms with Crippen LogP contribution in [-0.4, -0.2) is 27.7 Å². The van der Waals surface area contributed by atoms with Crippen LogP contribution in [0, 0.1) is 11.6 Å². The molecule has 33 heavy (non-hydrogen) atoms. The lowest BCUT2D eigenvalue weighted by Gasteiger charge is -2.13. The highest BCUT2D eigenvalue weighted by Crippen LogP contribution is 2.30. The highest BCUT2D eigenvalue weighted by Gasteiger charge is 2.25. The fraction of sp³-hybridized carbons (Fsp3) is 0.130. The van der Waals surface area contributed by atoms with Gasteiger partial charge < -0.3 is 4.57 Å². The van der Waals surface area contributed by atoms with Gasteiger partial charge in [0.1, 0.15) is 16.7 Å². The van der Waals surface area contributed by atoms with Crippen molar-refractivity contribution >= 4 is 30.8 Å². The minimum absolute atomic E-state index is 0.0198. The summed E-state index contributed by atoms with van der Waals surface area (Å²) in [5.74, 6) is -0.996. The molecule has 0 unspecified atom stereocenters. The summed E-state index contributed by atoms with van der Waals surface area (Å²) in [7, 11) is -7.45. The van der Waals surface area contributed by atoms with E-state index in [1.807, 2.05) is 0 Å². The Balaban J connectivity index is 1.78. The molecular weight excluding hydrogens is 470 g/mol. The Morgan fingerprint density at radius 1 is 0.879 bits per heavy atom. The molecule has 0 saturated carbocycles. The first-order valence-electron chi connectivity index (χ1n) is 9.85. The van der Waals surface area contributed by atoms with E-state index in [1.54, 1.807) is 18.2 Å². The van der Waals surface area contributed by atoms with Crippen molar-refractivity contribution in [1.29, 1.82) is 0 Å². The lowest BCUT2D eigenvalue weighted by Crippen LogP contribution is -2.21. The Morgan fingerprint density at radius 3 is 2.24 bits per heavy atom. The Morgan fingerprint density at radius 2 is 1.58 bits per heavy atom. The molecule has 0 bridgehead atoms. The third-order valence-corrected chi connectivity index (χ3v) is 7.61. The molecular formula is C23H20F2N2O4S2. The highest BCUT2D eigenvalue weighted by atomic mass is 32.2. The van der Waals surface area contributed by atoms with Crippen molar-refractivity contribution < 1.29 is 25.6 Å². The molecule has 10 heteroatoms. The predicted molar refractivity (Wildman–Crippen MR) is 121 cm³/mol. The van der Waals surface area contributed by atoms with Crippen molar-refractivity contribution in [3.8, 4) is 0 Å². The van der Waals surface area contributed by atoms with E-state index in [2.05, 4.69) is 4.72 Å². The largest absolute Gasteiger partial charge is 0.327 e. The number of fused-ring (bicyclic) bond motifs is 1. The molecule has 4 rings (SSSR count). The summed E-state index contributed by atoms with van der Waals surface area (Å²) in [5.41, 5.74) is 1.32. The highest BCUT2D eigenvalue weighted by molar-refractivity contribution is 7.91. The fourth-order valence-electron chi connectivity index (χ4n) is 3.52. The maximum Gasteiger partial charge on any atom is 0.222 e. The third-order valence-electron chi connectivity index (χ3n) is 5.16. The molecule has 0 aliphatic rings. The number of nitrogens with one attached hydrogen (secondary N) is 1. The maximum atomic E-state index is 14.3. The number of rotatable bonds is 7. The molecule has 1 aromatic heterocycles. The summed E-state index contributed by atoms with van der Waals surface area (Å²) < 4.78 is 81.5. The van der Waals surface area contributed by atoms with Gasteiger partial charge >= 0.3 is 0 Å². The summed E-state index contributed by atoms with van der Waals surface area (Å²) in [6.45, 7) is -0.0429. The monoisotopic (exact) mass is 490 g/mol. The molecule has 0 radical (unpaired) electrons. The number of benzene rings is 3. The number of hydrogen-bond donors (Lipinski definition) is 1. The maximum absolute atomic E-state index is 14.3. The fourth-order valence-corrected chi connectivity index (χ4v) is 5.42. The van der Waals surface area contributed by atoms with Gasteiger partial charge in [-0.2, -0.15) is 0 Å². The Bertz CT molecular complexity index is 1550. The molecule has 0 aliphatic carbocycles. The molecule has 1 heterocycles. The van der Waals surface area contributed by atoms with Crippen LogP contribution in [0.3, 0.4) is 0 Å². The SMILES string of the molecule is CS(=O)(=O)NCc1ccc(S(=O)(=O)c2cc3cc(F)ccc3n2Cc2ccccc2F)cc1. The molecule has 0 saturated heterocycles. The van der Waals surface area contributed by atoms with Gasteiger partial charge in [0.05, 0.1) is 17.7 Å². The zero-order chi connectivity index (χ0) is 23.8. The van der Waals surface area contributed by atoms with E-state index in [9.17, 15) is 25.6 Å². The van der Waals surface area contributed by atoms with Gasteiger partial charge in [-0.15, -0.1) is 0 Å². The summed E-state index contributed by atoms with van der Waals surface area (Å²) in [6, 6.07) is 17.1. The van der Waals surface area contributed by atoms with Crippen LogP contribution in [0.5, 0.6) is 0 Å². The Hall–Kier alpha value is -3.08. The van der Waals surface area contributed by atoms with Crippen molar-refractivity contribution in [2.75, 3.05) is 6.26 Å². The van der Waals surface area contributed by atoms with E-state index in [0.717, 1.165) is 6.26 Å². The van der Waals surface area contributed by atoms with Crippen LogP contribution in [0.1, 0.15) is 11.1 Å². The second-order valence-corrected chi connectivity index (χ2v) is 11.3.